The molecule has 0 spiro atoms. The van der Waals surface area contributed by atoms with E-state index in [0.29, 0.717) is 28.1 Å². The number of carbonyl (C=O) groups is 1. The third-order valence-electron chi connectivity index (χ3n) is 4.80. The molecule has 0 saturated heterocycles. The normalized spacial score (nSPS) is 11.0. The molecule has 8 heteroatoms. The molecular formula is C21H20N4O4. The lowest BCUT2D eigenvalue weighted by atomic mass is 10.1. The predicted molar refractivity (Wildman–Crippen MR) is 106 cm³/mol. The van der Waals surface area contributed by atoms with Crippen molar-refractivity contribution in [1.82, 2.24) is 20.4 Å². The van der Waals surface area contributed by atoms with Gasteiger partial charge in [-0.1, -0.05) is 5.16 Å². The minimum absolute atomic E-state index is 0.255. The zero-order chi connectivity index (χ0) is 20.5. The van der Waals surface area contributed by atoms with Gasteiger partial charge in [-0.3, -0.25) is 9.78 Å². The molecule has 0 aliphatic heterocycles. The van der Waals surface area contributed by atoms with E-state index in [-0.39, 0.29) is 18.2 Å². The molecule has 4 aromatic heterocycles. The highest BCUT2D eigenvalue weighted by atomic mass is 16.5. The fourth-order valence-corrected chi connectivity index (χ4v) is 3.33. The van der Waals surface area contributed by atoms with Crippen LogP contribution in [-0.2, 0) is 6.54 Å². The van der Waals surface area contributed by atoms with Crippen molar-refractivity contribution < 1.29 is 18.5 Å². The van der Waals surface area contributed by atoms with E-state index < -0.39 is 0 Å². The van der Waals surface area contributed by atoms with Crippen molar-refractivity contribution in [2.24, 2.45) is 0 Å². The van der Waals surface area contributed by atoms with Gasteiger partial charge in [0.2, 0.25) is 0 Å². The van der Waals surface area contributed by atoms with Crippen molar-refractivity contribution in [3.8, 4) is 17.2 Å². The van der Waals surface area contributed by atoms with E-state index in [1.54, 1.807) is 44.7 Å². The number of aryl methyl sites for hydroxylation is 2. The molecule has 0 aromatic carbocycles. The fraction of sp³-hybridized carbons (Fsp3) is 0.238. The third kappa shape index (κ3) is 3.33. The van der Waals surface area contributed by atoms with Gasteiger partial charge in [0.05, 0.1) is 42.3 Å². The maximum atomic E-state index is 13.0. The standard InChI is InChI=1S/C21H20N4O4/c1-11-9-22-16(12(2)19(11)27-4)10-23-20(26)14-8-15(17-6-5-7-28-17)24-21-18(14)13(3)25-29-21/h5-9H,10H2,1-4H3,(H,23,26). The van der Waals surface area contributed by atoms with Crippen LogP contribution >= 0.6 is 0 Å². The number of fused-ring (bicyclic) bond motifs is 1. The van der Waals surface area contributed by atoms with Crippen molar-refractivity contribution in [3.63, 3.8) is 0 Å². The van der Waals surface area contributed by atoms with Crippen molar-refractivity contribution in [1.29, 1.82) is 0 Å². The van der Waals surface area contributed by atoms with Crippen LogP contribution in [0.5, 0.6) is 5.75 Å². The van der Waals surface area contributed by atoms with Gasteiger partial charge in [0.15, 0.2) is 5.76 Å². The molecule has 0 unspecified atom stereocenters. The lowest BCUT2D eigenvalue weighted by Crippen LogP contribution is -2.24. The van der Waals surface area contributed by atoms with Gasteiger partial charge in [-0.05, 0) is 39.0 Å². The molecule has 29 heavy (non-hydrogen) atoms. The number of hydrogen-bond donors (Lipinski definition) is 1. The Hall–Kier alpha value is -3.68. The maximum absolute atomic E-state index is 13.0. The number of pyridine rings is 2. The molecule has 0 saturated carbocycles. The number of amides is 1. The Bertz CT molecular complexity index is 1200. The number of nitrogens with zero attached hydrogens (tertiary/aromatic N) is 3. The summed E-state index contributed by atoms with van der Waals surface area (Å²) in [6.45, 7) is 5.88. The molecule has 0 bridgehead atoms. The largest absolute Gasteiger partial charge is 0.496 e. The molecule has 4 heterocycles. The summed E-state index contributed by atoms with van der Waals surface area (Å²) in [6, 6.07) is 5.20. The number of rotatable bonds is 5. The van der Waals surface area contributed by atoms with Crippen molar-refractivity contribution in [3.05, 3.63) is 58.7 Å². The number of aromatic nitrogens is 3. The van der Waals surface area contributed by atoms with E-state index in [2.05, 4.69) is 20.4 Å². The molecule has 148 valence electrons. The van der Waals surface area contributed by atoms with Crippen LogP contribution in [0.25, 0.3) is 22.6 Å². The van der Waals surface area contributed by atoms with Crippen LogP contribution in [0.15, 0.2) is 39.6 Å². The number of hydrogen-bond acceptors (Lipinski definition) is 7. The zero-order valence-electron chi connectivity index (χ0n) is 16.6. The van der Waals surface area contributed by atoms with Crippen LogP contribution in [0.3, 0.4) is 0 Å². The van der Waals surface area contributed by atoms with Gasteiger partial charge in [0.25, 0.3) is 11.6 Å². The van der Waals surface area contributed by atoms with Crippen LogP contribution in [0, 0.1) is 20.8 Å². The van der Waals surface area contributed by atoms with Crippen LogP contribution in [0.2, 0.25) is 0 Å². The van der Waals surface area contributed by atoms with Crippen LogP contribution in [-0.4, -0.2) is 28.1 Å². The second kappa shape index (κ2) is 7.38. The summed E-state index contributed by atoms with van der Waals surface area (Å²) in [7, 11) is 1.62. The SMILES string of the molecule is COc1c(C)cnc(CNC(=O)c2cc(-c3ccco3)nc3onc(C)c23)c1C. The summed E-state index contributed by atoms with van der Waals surface area (Å²) in [5, 5.41) is 7.45. The Balaban J connectivity index is 1.68. The molecule has 8 nitrogen and oxygen atoms in total. The highest BCUT2D eigenvalue weighted by Gasteiger charge is 2.20. The van der Waals surface area contributed by atoms with Gasteiger partial charge in [0, 0.05) is 17.3 Å². The van der Waals surface area contributed by atoms with E-state index >= 15 is 0 Å². The van der Waals surface area contributed by atoms with Gasteiger partial charge in [-0.2, -0.15) is 0 Å². The molecule has 4 rings (SSSR count). The van der Waals surface area contributed by atoms with E-state index in [0.717, 1.165) is 22.6 Å². The Labute approximate surface area is 166 Å². The number of carbonyl (C=O) groups excluding carboxylic acids is 1. The van der Waals surface area contributed by atoms with Gasteiger partial charge < -0.3 is 19.0 Å². The highest BCUT2D eigenvalue weighted by Crippen LogP contribution is 2.28. The number of ether oxygens (including phenoxy) is 1. The van der Waals surface area contributed by atoms with E-state index in [1.807, 2.05) is 13.8 Å². The minimum atomic E-state index is -0.280. The smallest absolute Gasteiger partial charge is 0.259 e. The monoisotopic (exact) mass is 392 g/mol. The Kier molecular flexibility index (Phi) is 4.75. The third-order valence-corrected chi connectivity index (χ3v) is 4.80. The van der Waals surface area contributed by atoms with Gasteiger partial charge in [0.1, 0.15) is 11.4 Å². The van der Waals surface area contributed by atoms with Gasteiger partial charge in [-0.25, -0.2) is 4.98 Å². The molecule has 0 aliphatic carbocycles. The summed E-state index contributed by atoms with van der Waals surface area (Å²) in [4.78, 5) is 21.9. The average Bonchev–Trinajstić information content (AvgIpc) is 3.37. The Morgan fingerprint density at radius 2 is 2.10 bits per heavy atom. The van der Waals surface area contributed by atoms with E-state index in [4.69, 9.17) is 13.7 Å². The quantitative estimate of drug-likeness (QED) is 0.552. The summed E-state index contributed by atoms with van der Waals surface area (Å²) < 4.78 is 16.1. The number of furan rings is 1. The van der Waals surface area contributed by atoms with E-state index in [9.17, 15) is 4.79 Å². The van der Waals surface area contributed by atoms with Crippen molar-refractivity contribution in [2.75, 3.05) is 7.11 Å². The second-order valence-electron chi connectivity index (χ2n) is 6.71. The molecule has 1 amide bonds. The van der Waals surface area contributed by atoms with Gasteiger partial charge in [-0.15, -0.1) is 0 Å². The predicted octanol–water partition coefficient (Wildman–Crippen LogP) is 3.74. The molecule has 0 fully saturated rings. The molecule has 0 atom stereocenters. The van der Waals surface area contributed by atoms with Crippen LogP contribution < -0.4 is 10.1 Å². The fourth-order valence-electron chi connectivity index (χ4n) is 3.33. The van der Waals surface area contributed by atoms with Crippen LogP contribution in [0.1, 0.15) is 32.9 Å². The molecular weight excluding hydrogens is 372 g/mol. The summed E-state index contributed by atoms with van der Waals surface area (Å²) in [5.41, 5.74) is 4.36. The minimum Gasteiger partial charge on any atom is -0.496 e. The second-order valence-corrected chi connectivity index (χ2v) is 6.71. The number of methoxy groups -OCH3 is 1. The average molecular weight is 392 g/mol. The van der Waals surface area contributed by atoms with E-state index in [1.165, 1.54) is 0 Å². The molecule has 0 radical (unpaired) electrons. The topological polar surface area (TPSA) is 103 Å². The summed E-state index contributed by atoms with van der Waals surface area (Å²) >= 11 is 0. The molecule has 4 aromatic rings. The van der Waals surface area contributed by atoms with Crippen molar-refractivity contribution in [2.45, 2.75) is 27.3 Å². The van der Waals surface area contributed by atoms with Gasteiger partial charge >= 0.3 is 0 Å². The van der Waals surface area contributed by atoms with Crippen LogP contribution in [0.4, 0.5) is 0 Å². The maximum Gasteiger partial charge on any atom is 0.259 e. The Morgan fingerprint density at radius 1 is 1.28 bits per heavy atom. The lowest BCUT2D eigenvalue weighted by Gasteiger charge is -2.13. The molecule has 0 aliphatic rings. The summed E-state index contributed by atoms with van der Waals surface area (Å²) in [5.74, 6) is 1.03. The lowest BCUT2D eigenvalue weighted by molar-refractivity contribution is 0.0952. The Morgan fingerprint density at radius 3 is 2.83 bits per heavy atom. The first-order valence-electron chi connectivity index (χ1n) is 9.07. The highest BCUT2D eigenvalue weighted by molar-refractivity contribution is 6.06. The number of nitrogens with one attached hydrogen (secondary N) is 1. The summed E-state index contributed by atoms with van der Waals surface area (Å²) in [6.07, 6.45) is 3.28. The first kappa shape index (κ1) is 18.7. The zero-order valence-corrected chi connectivity index (χ0v) is 16.6. The van der Waals surface area contributed by atoms with Crippen molar-refractivity contribution >= 4 is 17.0 Å². The first-order valence-corrected chi connectivity index (χ1v) is 9.07. The molecule has 1 N–H and O–H groups in total. The first-order chi connectivity index (χ1) is 14.0.